The molecule has 3 aromatic rings. The molecule has 0 bridgehead atoms. The van der Waals surface area contributed by atoms with Crippen LogP contribution >= 0.6 is 0 Å². The van der Waals surface area contributed by atoms with E-state index >= 15 is 0 Å². The molecule has 3 rings (SSSR count). The van der Waals surface area contributed by atoms with Crippen LogP contribution in [-0.4, -0.2) is 4.98 Å². The molecule has 0 aliphatic carbocycles. The summed E-state index contributed by atoms with van der Waals surface area (Å²) < 4.78 is 2.15. The van der Waals surface area contributed by atoms with Crippen molar-refractivity contribution in [3.05, 3.63) is 61.1 Å². The Balaban J connectivity index is 2.26. The van der Waals surface area contributed by atoms with Crippen LogP contribution in [0.3, 0.4) is 0 Å². The number of benzene rings is 1. The fourth-order valence-corrected chi connectivity index (χ4v) is 2.11. The average Bonchev–Trinajstić information content (AvgIpc) is 2.40. The maximum atomic E-state index is 4.16. The van der Waals surface area contributed by atoms with Crippen molar-refractivity contribution in [1.29, 1.82) is 0 Å². The second-order valence-corrected chi connectivity index (χ2v) is 4.14. The molecule has 0 atom stereocenters. The lowest BCUT2D eigenvalue weighted by atomic mass is 10.1. The molecule has 0 saturated carbocycles. The molecule has 0 amide bonds. The Morgan fingerprint density at radius 3 is 2.71 bits per heavy atom. The third-order valence-corrected chi connectivity index (χ3v) is 2.96. The summed E-state index contributed by atoms with van der Waals surface area (Å²) in [5.41, 5.74) is 3.58. The Labute approximate surface area is 100 Å². The van der Waals surface area contributed by atoms with Gasteiger partial charge >= 0.3 is 0 Å². The molecule has 0 unspecified atom stereocenters. The number of rotatable bonds is 1. The molecule has 82 valence electrons. The molecule has 17 heavy (non-hydrogen) atoms. The first kappa shape index (κ1) is 9.97. The second-order valence-electron chi connectivity index (χ2n) is 4.14. The largest absolute Gasteiger partial charge is 0.264 e. The molecule has 0 saturated heterocycles. The van der Waals surface area contributed by atoms with Crippen LogP contribution in [-0.2, 0) is 7.05 Å². The van der Waals surface area contributed by atoms with Crippen molar-refractivity contribution in [2.45, 2.75) is 0 Å². The first-order valence-electron chi connectivity index (χ1n) is 5.63. The normalized spacial score (nSPS) is 10.6. The Hall–Kier alpha value is -2.22. The highest BCUT2D eigenvalue weighted by atomic mass is 14.9. The summed E-state index contributed by atoms with van der Waals surface area (Å²) >= 11 is 0. The Morgan fingerprint density at radius 1 is 1.00 bits per heavy atom. The molecule has 0 aliphatic rings. The molecule has 2 aromatic heterocycles. The van der Waals surface area contributed by atoms with Gasteiger partial charge in [-0.15, -0.1) is 0 Å². The average molecular weight is 221 g/mol. The first-order chi connectivity index (χ1) is 8.34. The zero-order valence-electron chi connectivity index (χ0n) is 9.67. The van der Waals surface area contributed by atoms with Crippen molar-refractivity contribution in [2.24, 2.45) is 7.05 Å². The van der Waals surface area contributed by atoms with Crippen molar-refractivity contribution in [3.8, 4) is 11.1 Å². The topological polar surface area (TPSA) is 16.8 Å². The quantitative estimate of drug-likeness (QED) is 0.577. The predicted octanol–water partition coefficient (Wildman–Crippen LogP) is 2.73. The van der Waals surface area contributed by atoms with Crippen molar-refractivity contribution >= 4 is 10.9 Å². The van der Waals surface area contributed by atoms with Gasteiger partial charge in [0.15, 0.2) is 6.20 Å². The molecule has 0 radical (unpaired) electrons. The van der Waals surface area contributed by atoms with Crippen molar-refractivity contribution in [1.82, 2.24) is 4.98 Å². The third kappa shape index (κ3) is 1.78. The summed E-state index contributed by atoms with van der Waals surface area (Å²) in [5.74, 6) is 0. The van der Waals surface area contributed by atoms with Gasteiger partial charge in [0, 0.05) is 35.0 Å². The minimum atomic E-state index is 1.15. The smallest absolute Gasteiger partial charge is 0.212 e. The van der Waals surface area contributed by atoms with Gasteiger partial charge in [0.25, 0.3) is 0 Å². The van der Waals surface area contributed by atoms with E-state index in [4.69, 9.17) is 0 Å². The van der Waals surface area contributed by atoms with Crippen LogP contribution in [0.25, 0.3) is 22.0 Å². The van der Waals surface area contributed by atoms with E-state index < -0.39 is 0 Å². The van der Waals surface area contributed by atoms with Gasteiger partial charge in [0.2, 0.25) is 5.52 Å². The maximum absolute atomic E-state index is 4.16. The lowest BCUT2D eigenvalue weighted by Crippen LogP contribution is -2.28. The van der Waals surface area contributed by atoms with Crippen LogP contribution in [0.15, 0.2) is 61.1 Å². The zero-order valence-corrected chi connectivity index (χ0v) is 9.67. The molecule has 0 spiro atoms. The maximum Gasteiger partial charge on any atom is 0.212 e. The fourth-order valence-electron chi connectivity index (χ4n) is 2.11. The Bertz CT molecular complexity index is 660. The number of hydrogen-bond donors (Lipinski definition) is 0. The Morgan fingerprint density at radius 2 is 1.88 bits per heavy atom. The number of para-hydroxylation sites is 1. The monoisotopic (exact) mass is 221 g/mol. The summed E-state index contributed by atoms with van der Waals surface area (Å²) in [6.45, 7) is 0. The standard InChI is InChI=1S/C15H13N2/c1-17-11-14(13-6-4-8-16-10-13)9-12-5-2-3-7-15(12)17/h2-11H,1H3/q+1. The van der Waals surface area contributed by atoms with Crippen molar-refractivity contribution < 1.29 is 4.57 Å². The van der Waals surface area contributed by atoms with Crippen molar-refractivity contribution in [3.63, 3.8) is 0 Å². The number of pyridine rings is 2. The van der Waals surface area contributed by atoms with E-state index in [2.05, 4.69) is 59.2 Å². The van der Waals surface area contributed by atoms with E-state index in [9.17, 15) is 0 Å². The van der Waals surface area contributed by atoms with Gasteiger partial charge in [-0.05, 0) is 18.2 Å². The highest BCUT2D eigenvalue weighted by molar-refractivity contribution is 5.80. The lowest BCUT2D eigenvalue weighted by Gasteiger charge is -2.02. The van der Waals surface area contributed by atoms with Gasteiger partial charge < -0.3 is 0 Å². The number of fused-ring (bicyclic) bond motifs is 1. The van der Waals surface area contributed by atoms with Gasteiger partial charge in [-0.1, -0.05) is 18.2 Å². The summed E-state index contributed by atoms with van der Waals surface area (Å²) in [6.07, 6.45) is 5.83. The van der Waals surface area contributed by atoms with Crippen LogP contribution in [0.1, 0.15) is 0 Å². The zero-order chi connectivity index (χ0) is 11.7. The van der Waals surface area contributed by atoms with Crippen molar-refractivity contribution in [2.75, 3.05) is 0 Å². The molecule has 2 heteroatoms. The summed E-state index contributed by atoms with van der Waals surface area (Å²) in [6, 6.07) is 14.6. The lowest BCUT2D eigenvalue weighted by molar-refractivity contribution is -0.644. The van der Waals surface area contributed by atoms with E-state index in [1.807, 2.05) is 12.3 Å². The molecular formula is C15H13N2+. The second kappa shape index (κ2) is 3.98. The summed E-state index contributed by atoms with van der Waals surface area (Å²) in [5, 5.41) is 1.25. The minimum absolute atomic E-state index is 1.15. The molecule has 2 nitrogen and oxygen atoms in total. The first-order valence-corrected chi connectivity index (χ1v) is 5.63. The number of hydrogen-bond acceptors (Lipinski definition) is 1. The van der Waals surface area contributed by atoms with Gasteiger partial charge in [-0.2, -0.15) is 0 Å². The number of aryl methyl sites for hydroxylation is 1. The van der Waals surface area contributed by atoms with Crippen LogP contribution in [0.5, 0.6) is 0 Å². The van der Waals surface area contributed by atoms with E-state index in [1.165, 1.54) is 16.5 Å². The third-order valence-electron chi connectivity index (χ3n) is 2.96. The molecule has 0 fully saturated rings. The highest BCUT2D eigenvalue weighted by Crippen LogP contribution is 2.20. The van der Waals surface area contributed by atoms with E-state index in [1.54, 1.807) is 6.20 Å². The van der Waals surface area contributed by atoms with Gasteiger partial charge in [0.05, 0.1) is 0 Å². The molecule has 2 heterocycles. The van der Waals surface area contributed by atoms with Crippen LogP contribution in [0.4, 0.5) is 0 Å². The van der Waals surface area contributed by atoms with E-state index in [-0.39, 0.29) is 0 Å². The Kier molecular flexibility index (Phi) is 2.33. The number of aromatic nitrogens is 2. The van der Waals surface area contributed by atoms with E-state index in [0.717, 1.165) is 5.56 Å². The summed E-state index contributed by atoms with van der Waals surface area (Å²) in [4.78, 5) is 4.16. The molecule has 1 aromatic carbocycles. The molecular weight excluding hydrogens is 208 g/mol. The highest BCUT2D eigenvalue weighted by Gasteiger charge is 2.08. The molecule has 0 N–H and O–H groups in total. The predicted molar refractivity (Wildman–Crippen MR) is 68.4 cm³/mol. The minimum Gasteiger partial charge on any atom is -0.264 e. The SMILES string of the molecule is C[n+]1cc(-c2cccnc2)cc2ccccc21. The summed E-state index contributed by atoms with van der Waals surface area (Å²) in [7, 11) is 2.07. The fraction of sp³-hybridized carbons (Fsp3) is 0.0667. The van der Waals surface area contributed by atoms with Gasteiger partial charge in [-0.3, -0.25) is 4.98 Å². The van der Waals surface area contributed by atoms with Crippen LogP contribution in [0.2, 0.25) is 0 Å². The van der Waals surface area contributed by atoms with Gasteiger partial charge in [-0.25, -0.2) is 4.57 Å². The van der Waals surface area contributed by atoms with Crippen LogP contribution < -0.4 is 4.57 Å². The van der Waals surface area contributed by atoms with Crippen LogP contribution in [0, 0.1) is 0 Å². The molecule has 0 aliphatic heterocycles. The van der Waals surface area contributed by atoms with Gasteiger partial charge in [0.1, 0.15) is 7.05 Å². The number of nitrogens with zero attached hydrogens (tertiary/aromatic N) is 2. The van der Waals surface area contributed by atoms with E-state index in [0.29, 0.717) is 0 Å².